The molecule has 112 valence electrons. The second-order valence-electron chi connectivity index (χ2n) is 5.11. The summed E-state index contributed by atoms with van der Waals surface area (Å²) in [6.45, 7) is 3.57. The largest absolute Gasteiger partial charge is 0.384 e. The summed E-state index contributed by atoms with van der Waals surface area (Å²) in [7, 11) is 0. The number of imide groups is 1. The number of hydrogen-bond donors (Lipinski definition) is 2. The minimum Gasteiger partial charge on any atom is -0.384 e. The molecule has 0 bridgehead atoms. The van der Waals surface area contributed by atoms with Gasteiger partial charge in [0.2, 0.25) is 0 Å². The van der Waals surface area contributed by atoms with Gasteiger partial charge in [-0.2, -0.15) is 0 Å². The number of pyridine rings is 1. The Kier molecular flexibility index (Phi) is 3.07. The van der Waals surface area contributed by atoms with Gasteiger partial charge in [-0.1, -0.05) is 17.7 Å². The van der Waals surface area contributed by atoms with Crippen molar-refractivity contribution < 1.29 is 9.59 Å². The second-order valence-corrected chi connectivity index (χ2v) is 5.52. The van der Waals surface area contributed by atoms with Crippen LogP contribution in [0.15, 0.2) is 23.0 Å². The Morgan fingerprint density at radius 2 is 1.82 bits per heavy atom. The highest BCUT2D eigenvalue weighted by atomic mass is 35.5. The summed E-state index contributed by atoms with van der Waals surface area (Å²) in [5, 5.41) is 2.61. The Morgan fingerprint density at radius 1 is 1.14 bits per heavy atom. The monoisotopic (exact) mass is 317 g/mol. The fraction of sp³-hybridized carbons (Fsp3) is 0.133. The third kappa shape index (κ3) is 1.84. The summed E-state index contributed by atoms with van der Waals surface area (Å²) >= 11 is 6.12. The van der Waals surface area contributed by atoms with Crippen LogP contribution in [0.4, 0.5) is 5.82 Å². The molecule has 2 aromatic rings. The van der Waals surface area contributed by atoms with Crippen molar-refractivity contribution >= 4 is 29.2 Å². The normalized spacial score (nSPS) is 13.2. The maximum Gasteiger partial charge on any atom is 0.262 e. The minimum absolute atomic E-state index is 0.00100. The summed E-state index contributed by atoms with van der Waals surface area (Å²) < 4.78 is 1.22. The van der Waals surface area contributed by atoms with Gasteiger partial charge in [-0.05, 0) is 31.0 Å². The van der Waals surface area contributed by atoms with Gasteiger partial charge in [0.15, 0.2) is 0 Å². The molecule has 22 heavy (non-hydrogen) atoms. The zero-order valence-corrected chi connectivity index (χ0v) is 12.6. The first-order chi connectivity index (χ1) is 10.3. The maximum atomic E-state index is 12.4. The van der Waals surface area contributed by atoms with Gasteiger partial charge in [0.1, 0.15) is 5.82 Å². The van der Waals surface area contributed by atoms with Gasteiger partial charge < -0.3 is 5.73 Å². The Balaban J connectivity index is 2.43. The van der Waals surface area contributed by atoms with E-state index in [0.29, 0.717) is 16.3 Å². The third-order valence-electron chi connectivity index (χ3n) is 3.74. The lowest BCUT2D eigenvalue weighted by molar-refractivity contribution is 0.0880. The van der Waals surface area contributed by atoms with Crippen LogP contribution in [0.25, 0.3) is 5.69 Å². The van der Waals surface area contributed by atoms with Crippen molar-refractivity contribution in [1.29, 1.82) is 0 Å². The molecular formula is C15H12ClN3O3. The number of anilines is 1. The van der Waals surface area contributed by atoms with Crippen LogP contribution in [0.3, 0.4) is 0 Å². The van der Waals surface area contributed by atoms with E-state index >= 15 is 0 Å². The van der Waals surface area contributed by atoms with E-state index in [1.807, 2.05) is 6.92 Å². The first kappa shape index (κ1) is 14.3. The van der Waals surface area contributed by atoms with Gasteiger partial charge >= 0.3 is 0 Å². The molecule has 0 saturated carbocycles. The van der Waals surface area contributed by atoms with Crippen LogP contribution < -0.4 is 16.6 Å². The predicted octanol–water partition coefficient (Wildman–Crippen LogP) is 1.57. The number of hydrogen-bond acceptors (Lipinski definition) is 4. The summed E-state index contributed by atoms with van der Waals surface area (Å²) in [5.41, 5.74) is 7.51. The summed E-state index contributed by atoms with van der Waals surface area (Å²) in [5.74, 6) is -1.29. The van der Waals surface area contributed by atoms with Crippen LogP contribution in [0, 0.1) is 13.8 Å². The maximum absolute atomic E-state index is 12.4. The number of aryl methyl sites for hydroxylation is 1. The molecule has 0 spiro atoms. The van der Waals surface area contributed by atoms with Crippen molar-refractivity contribution in [1.82, 2.24) is 9.88 Å². The highest BCUT2D eigenvalue weighted by molar-refractivity contribution is 6.31. The van der Waals surface area contributed by atoms with Crippen molar-refractivity contribution in [2.45, 2.75) is 13.8 Å². The van der Waals surface area contributed by atoms with Gasteiger partial charge in [-0.15, -0.1) is 0 Å². The molecule has 0 unspecified atom stereocenters. The number of aromatic nitrogens is 1. The fourth-order valence-electron chi connectivity index (χ4n) is 2.67. The molecule has 7 heteroatoms. The molecule has 0 atom stereocenters. The first-order valence-electron chi connectivity index (χ1n) is 6.50. The zero-order valence-electron chi connectivity index (χ0n) is 11.9. The SMILES string of the molecule is Cc1ccc(Cl)c(C)c1-n1c(N)c2c(cc1=O)C(=O)NC2=O. The average molecular weight is 318 g/mol. The third-order valence-corrected chi connectivity index (χ3v) is 4.15. The molecule has 3 N–H and O–H groups in total. The molecule has 0 fully saturated rings. The topological polar surface area (TPSA) is 94.2 Å². The average Bonchev–Trinajstić information content (AvgIpc) is 2.73. The number of nitrogen functional groups attached to an aromatic ring is 1. The Hall–Kier alpha value is -2.60. The molecule has 1 aliphatic heterocycles. The summed E-state index contributed by atoms with van der Waals surface area (Å²) in [6, 6.07) is 4.60. The van der Waals surface area contributed by atoms with Crippen molar-refractivity contribution in [3.63, 3.8) is 0 Å². The van der Waals surface area contributed by atoms with Crippen LogP contribution in [0.5, 0.6) is 0 Å². The fourth-order valence-corrected chi connectivity index (χ4v) is 2.82. The minimum atomic E-state index is -0.615. The van der Waals surface area contributed by atoms with Crippen molar-refractivity contribution in [2.75, 3.05) is 5.73 Å². The van der Waals surface area contributed by atoms with Gasteiger partial charge in [0.25, 0.3) is 17.4 Å². The number of nitrogens with two attached hydrogens (primary N) is 1. The van der Waals surface area contributed by atoms with E-state index < -0.39 is 17.4 Å². The molecule has 0 radical (unpaired) electrons. The predicted molar refractivity (Wildman–Crippen MR) is 82.7 cm³/mol. The Bertz CT molecular complexity index is 915. The van der Waals surface area contributed by atoms with Gasteiger partial charge in [0, 0.05) is 11.1 Å². The summed E-state index contributed by atoms with van der Waals surface area (Å²) in [6.07, 6.45) is 0. The Labute approximate surface area is 130 Å². The molecule has 3 rings (SSSR count). The number of nitrogens with zero attached hydrogens (tertiary/aromatic N) is 1. The summed E-state index contributed by atoms with van der Waals surface area (Å²) in [4.78, 5) is 36.0. The molecule has 0 saturated heterocycles. The standard InChI is InChI=1S/C15H12ClN3O3/c1-6-3-4-9(16)7(2)12(6)19-10(20)5-8-11(13(19)17)15(22)18-14(8)21/h3-5H,17H2,1-2H3,(H,18,21,22). The quantitative estimate of drug-likeness (QED) is 0.781. The molecule has 2 amide bonds. The molecule has 1 aromatic carbocycles. The van der Waals surface area contributed by atoms with E-state index in [1.54, 1.807) is 19.1 Å². The number of fused-ring (bicyclic) bond motifs is 1. The van der Waals surface area contributed by atoms with E-state index in [4.69, 9.17) is 17.3 Å². The molecule has 2 heterocycles. The molecule has 6 nitrogen and oxygen atoms in total. The van der Waals surface area contributed by atoms with Gasteiger partial charge in [0.05, 0.1) is 16.8 Å². The highest BCUT2D eigenvalue weighted by Gasteiger charge is 2.32. The number of halogens is 1. The van der Waals surface area contributed by atoms with Crippen LogP contribution in [-0.4, -0.2) is 16.4 Å². The molecule has 0 aliphatic carbocycles. The van der Waals surface area contributed by atoms with Gasteiger partial charge in [-0.25, -0.2) is 0 Å². The highest BCUT2D eigenvalue weighted by Crippen LogP contribution is 2.29. The number of benzene rings is 1. The van der Waals surface area contributed by atoms with Crippen molar-refractivity contribution in [2.24, 2.45) is 0 Å². The number of carbonyl (C=O) groups is 2. The smallest absolute Gasteiger partial charge is 0.262 e. The van der Waals surface area contributed by atoms with E-state index in [-0.39, 0.29) is 16.9 Å². The number of amides is 2. The van der Waals surface area contributed by atoms with E-state index in [1.165, 1.54) is 4.57 Å². The lowest BCUT2D eigenvalue weighted by Crippen LogP contribution is -2.25. The van der Waals surface area contributed by atoms with Crippen LogP contribution in [0.1, 0.15) is 31.8 Å². The van der Waals surface area contributed by atoms with Crippen LogP contribution >= 0.6 is 11.6 Å². The number of carbonyl (C=O) groups excluding carboxylic acids is 2. The Morgan fingerprint density at radius 3 is 2.50 bits per heavy atom. The van der Waals surface area contributed by atoms with Crippen molar-refractivity contribution in [3.05, 3.63) is 55.8 Å². The lowest BCUT2D eigenvalue weighted by Gasteiger charge is -2.17. The lowest BCUT2D eigenvalue weighted by atomic mass is 10.1. The van der Waals surface area contributed by atoms with E-state index in [2.05, 4.69) is 5.32 Å². The van der Waals surface area contributed by atoms with Crippen molar-refractivity contribution in [3.8, 4) is 5.69 Å². The number of rotatable bonds is 1. The second kappa shape index (κ2) is 4.71. The van der Waals surface area contributed by atoms with Gasteiger partial charge in [-0.3, -0.25) is 24.3 Å². The molecule has 1 aliphatic rings. The van der Waals surface area contributed by atoms with E-state index in [9.17, 15) is 14.4 Å². The first-order valence-corrected chi connectivity index (χ1v) is 6.88. The number of nitrogens with one attached hydrogen (secondary N) is 1. The molecule has 1 aromatic heterocycles. The van der Waals surface area contributed by atoms with Crippen LogP contribution in [0.2, 0.25) is 5.02 Å². The molecular weight excluding hydrogens is 306 g/mol. The van der Waals surface area contributed by atoms with Crippen LogP contribution in [-0.2, 0) is 0 Å². The zero-order chi connectivity index (χ0) is 16.2. The van der Waals surface area contributed by atoms with E-state index in [0.717, 1.165) is 11.6 Å².